The van der Waals surface area contributed by atoms with Gasteiger partial charge in [0.25, 0.3) is 0 Å². The van der Waals surface area contributed by atoms with Crippen LogP contribution in [0.25, 0.3) is 0 Å². The van der Waals surface area contributed by atoms with Gasteiger partial charge in [-0.25, -0.2) is 0 Å². The maximum atomic E-state index is 10.3. The van der Waals surface area contributed by atoms with Crippen molar-refractivity contribution < 1.29 is 19.8 Å². The van der Waals surface area contributed by atoms with Crippen molar-refractivity contribution in [2.45, 2.75) is 44.4 Å². The summed E-state index contributed by atoms with van der Waals surface area (Å²) in [5.41, 5.74) is 0. The minimum atomic E-state index is -0.742. The van der Waals surface area contributed by atoms with Crippen LogP contribution in [-0.4, -0.2) is 59.4 Å². The average Bonchev–Trinajstić information content (AvgIpc) is 2.28. The Morgan fingerprint density at radius 3 is 2.19 bits per heavy atom. The first kappa shape index (κ1) is 13.9. The maximum absolute atomic E-state index is 10.3. The maximum Gasteiger partial charge on any atom is 0.193 e. The molecule has 3 N–H and O–H groups in total. The third-order valence-electron chi connectivity index (χ3n) is 3.68. The third kappa shape index (κ3) is 3.70. The van der Waals surface area contributed by atoms with E-state index < -0.39 is 12.3 Å². The van der Waals surface area contributed by atoms with E-state index in [0.29, 0.717) is 16.9 Å². The molecule has 0 bridgehead atoms. The number of hydrogen-bond donors (Lipinski definition) is 3. The third-order valence-corrected chi connectivity index (χ3v) is 3.68. The molecule has 0 saturated heterocycles. The zero-order chi connectivity index (χ0) is 12.2. The van der Waals surface area contributed by atoms with Gasteiger partial charge in [-0.15, -0.1) is 0 Å². The number of aliphatic hydroxyl groups excluding tert-OH is 3. The normalized spacial score (nSPS) is 23.1. The van der Waals surface area contributed by atoms with E-state index in [9.17, 15) is 10.2 Å². The molecule has 0 spiro atoms. The van der Waals surface area contributed by atoms with Crippen LogP contribution in [0, 0.1) is 5.92 Å². The van der Waals surface area contributed by atoms with E-state index in [2.05, 4.69) is 0 Å². The van der Waals surface area contributed by atoms with Crippen molar-refractivity contribution in [3.05, 3.63) is 0 Å². The van der Waals surface area contributed by atoms with Crippen molar-refractivity contribution in [2.24, 2.45) is 5.92 Å². The summed E-state index contributed by atoms with van der Waals surface area (Å²) in [6, 6.07) is 0. The van der Waals surface area contributed by atoms with E-state index in [1.54, 1.807) is 0 Å². The quantitative estimate of drug-likeness (QED) is 0.472. The van der Waals surface area contributed by atoms with Gasteiger partial charge in [-0.2, -0.15) is 0 Å². The monoisotopic (exact) mass is 232 g/mol. The van der Waals surface area contributed by atoms with Crippen LogP contribution >= 0.6 is 0 Å². The standard InChI is InChI=1S/C12H26NO3/c1-13(2,8-11(15)9-14)12(16)10-6-4-3-5-7-10/h10-12,14-16H,3-9H2,1-2H3/q+1. The van der Waals surface area contributed by atoms with Gasteiger partial charge in [0, 0.05) is 5.92 Å². The Labute approximate surface area is 98.1 Å². The van der Waals surface area contributed by atoms with E-state index in [1.165, 1.54) is 19.3 Å². The topological polar surface area (TPSA) is 60.7 Å². The highest BCUT2D eigenvalue weighted by molar-refractivity contribution is 4.68. The summed E-state index contributed by atoms with van der Waals surface area (Å²) in [5, 5.41) is 28.6. The largest absolute Gasteiger partial charge is 0.393 e. The molecule has 2 unspecified atom stereocenters. The molecule has 16 heavy (non-hydrogen) atoms. The molecule has 1 saturated carbocycles. The summed E-state index contributed by atoms with van der Waals surface area (Å²) in [6.45, 7) is 0.160. The molecular formula is C12H26NO3+. The minimum absolute atomic E-state index is 0.237. The van der Waals surface area contributed by atoms with Gasteiger partial charge in [0.1, 0.15) is 12.6 Å². The van der Waals surface area contributed by atoms with E-state index in [0.717, 1.165) is 12.8 Å². The predicted octanol–water partition coefficient (Wildman–Crippen LogP) is 0.315. The van der Waals surface area contributed by atoms with Gasteiger partial charge in [-0.3, -0.25) is 0 Å². The van der Waals surface area contributed by atoms with Gasteiger partial charge < -0.3 is 19.8 Å². The predicted molar refractivity (Wildman–Crippen MR) is 62.6 cm³/mol. The van der Waals surface area contributed by atoms with Crippen molar-refractivity contribution in [1.82, 2.24) is 0 Å². The van der Waals surface area contributed by atoms with E-state index in [1.807, 2.05) is 14.1 Å². The fourth-order valence-electron chi connectivity index (χ4n) is 2.71. The second-order valence-electron chi connectivity index (χ2n) is 5.61. The first-order chi connectivity index (χ1) is 7.47. The second kappa shape index (κ2) is 5.96. The molecule has 0 amide bonds. The highest BCUT2D eigenvalue weighted by Crippen LogP contribution is 2.29. The van der Waals surface area contributed by atoms with Crippen LogP contribution in [0.4, 0.5) is 0 Å². The molecule has 96 valence electrons. The van der Waals surface area contributed by atoms with E-state index >= 15 is 0 Å². The molecule has 4 nitrogen and oxygen atoms in total. The summed E-state index contributed by atoms with van der Waals surface area (Å²) in [6.07, 6.45) is 4.66. The molecule has 0 aromatic rings. The van der Waals surface area contributed by atoms with Crippen LogP contribution in [0.3, 0.4) is 0 Å². The Kier molecular flexibility index (Phi) is 5.18. The number of quaternary nitrogens is 1. The highest BCUT2D eigenvalue weighted by Gasteiger charge is 2.35. The molecule has 1 aliphatic carbocycles. The fourth-order valence-corrected chi connectivity index (χ4v) is 2.71. The molecule has 0 aromatic heterocycles. The molecule has 1 aliphatic rings. The molecule has 0 aliphatic heterocycles. The molecular weight excluding hydrogens is 206 g/mol. The van der Waals surface area contributed by atoms with E-state index in [4.69, 9.17) is 5.11 Å². The van der Waals surface area contributed by atoms with Crippen LogP contribution in [0.1, 0.15) is 32.1 Å². The zero-order valence-electron chi connectivity index (χ0n) is 10.5. The Hall–Kier alpha value is -0.160. The number of hydrogen-bond acceptors (Lipinski definition) is 3. The van der Waals surface area contributed by atoms with Gasteiger partial charge >= 0.3 is 0 Å². The van der Waals surface area contributed by atoms with Crippen LogP contribution in [0.15, 0.2) is 0 Å². The summed E-state index contributed by atoms with van der Waals surface area (Å²) in [7, 11) is 3.83. The number of aliphatic hydroxyl groups is 3. The smallest absolute Gasteiger partial charge is 0.193 e. The molecule has 1 rings (SSSR count). The zero-order valence-corrected chi connectivity index (χ0v) is 10.5. The summed E-state index contributed by atoms with van der Waals surface area (Å²) >= 11 is 0. The first-order valence-corrected chi connectivity index (χ1v) is 6.27. The average molecular weight is 232 g/mol. The fraction of sp³-hybridized carbons (Fsp3) is 1.00. The van der Waals surface area contributed by atoms with Crippen molar-refractivity contribution >= 4 is 0 Å². The van der Waals surface area contributed by atoms with E-state index in [-0.39, 0.29) is 6.61 Å². The SMILES string of the molecule is C[N+](C)(CC(O)CO)C(O)C1CCCCC1. The van der Waals surface area contributed by atoms with Gasteiger partial charge in [0.05, 0.1) is 20.7 Å². The van der Waals surface area contributed by atoms with Crippen molar-refractivity contribution in [2.75, 3.05) is 27.2 Å². The minimum Gasteiger partial charge on any atom is -0.393 e. The lowest BCUT2D eigenvalue weighted by Gasteiger charge is -2.40. The molecule has 0 heterocycles. The summed E-state index contributed by atoms with van der Waals surface area (Å²) in [5.74, 6) is 0.342. The Bertz CT molecular complexity index is 202. The first-order valence-electron chi connectivity index (χ1n) is 6.27. The molecule has 1 fully saturated rings. The second-order valence-corrected chi connectivity index (χ2v) is 5.61. The molecule has 2 atom stereocenters. The number of likely N-dealkylation sites (N-methyl/N-ethyl adjacent to an activating group) is 1. The van der Waals surface area contributed by atoms with Crippen LogP contribution in [0.2, 0.25) is 0 Å². The van der Waals surface area contributed by atoms with Crippen molar-refractivity contribution in [1.29, 1.82) is 0 Å². The lowest BCUT2D eigenvalue weighted by atomic mass is 9.87. The van der Waals surface area contributed by atoms with Crippen LogP contribution < -0.4 is 0 Å². The van der Waals surface area contributed by atoms with Gasteiger partial charge in [0.15, 0.2) is 6.23 Å². The molecule has 4 heteroatoms. The van der Waals surface area contributed by atoms with Gasteiger partial charge in [0.2, 0.25) is 0 Å². The Balaban J connectivity index is 2.51. The van der Waals surface area contributed by atoms with Gasteiger partial charge in [-0.1, -0.05) is 19.3 Å². The van der Waals surface area contributed by atoms with Crippen molar-refractivity contribution in [3.8, 4) is 0 Å². The summed E-state index contributed by atoms with van der Waals surface area (Å²) in [4.78, 5) is 0. The molecule has 0 radical (unpaired) electrons. The number of nitrogens with zero attached hydrogens (tertiary/aromatic N) is 1. The highest BCUT2D eigenvalue weighted by atomic mass is 16.3. The van der Waals surface area contributed by atoms with Crippen LogP contribution in [-0.2, 0) is 0 Å². The Morgan fingerprint density at radius 2 is 1.69 bits per heavy atom. The van der Waals surface area contributed by atoms with Gasteiger partial charge in [-0.05, 0) is 12.8 Å². The lowest BCUT2D eigenvalue weighted by Crippen LogP contribution is -2.56. The molecule has 0 aromatic carbocycles. The van der Waals surface area contributed by atoms with Crippen molar-refractivity contribution in [3.63, 3.8) is 0 Å². The lowest BCUT2D eigenvalue weighted by molar-refractivity contribution is -0.944. The summed E-state index contributed by atoms with van der Waals surface area (Å²) < 4.78 is 0.367. The Morgan fingerprint density at radius 1 is 1.12 bits per heavy atom. The van der Waals surface area contributed by atoms with Crippen LogP contribution in [0.5, 0.6) is 0 Å². The number of rotatable bonds is 5.